The van der Waals surface area contributed by atoms with Gasteiger partial charge in [-0.3, -0.25) is 4.79 Å². The quantitative estimate of drug-likeness (QED) is 0.398. The first kappa shape index (κ1) is 19.6. The van der Waals surface area contributed by atoms with Gasteiger partial charge in [0.05, 0.1) is 12.4 Å². The van der Waals surface area contributed by atoms with E-state index in [2.05, 4.69) is 20.9 Å². The molecule has 3 amide bonds. The number of ether oxygens (including phenoxy) is 1. The number of imidazole rings is 1. The highest BCUT2D eigenvalue weighted by atomic mass is 16.5. The SMILES string of the molecule is O=C(Nc1ccccc1)Nc1cccc(Oc2ccc3nc(NC(=O)C4CC4)cn3c2)c1. The molecule has 5 rings (SSSR count). The first-order valence-corrected chi connectivity index (χ1v) is 10.3. The van der Waals surface area contributed by atoms with Crippen molar-refractivity contribution in [2.75, 3.05) is 16.0 Å². The summed E-state index contributed by atoms with van der Waals surface area (Å²) in [6, 6.07) is 19.6. The summed E-state index contributed by atoms with van der Waals surface area (Å²) in [4.78, 5) is 28.6. The van der Waals surface area contributed by atoms with Crippen LogP contribution in [0.5, 0.6) is 11.5 Å². The maximum Gasteiger partial charge on any atom is 0.323 e. The van der Waals surface area contributed by atoms with Gasteiger partial charge in [0.2, 0.25) is 5.91 Å². The zero-order valence-corrected chi connectivity index (χ0v) is 17.1. The Morgan fingerprint density at radius 3 is 2.44 bits per heavy atom. The van der Waals surface area contributed by atoms with Crippen LogP contribution in [-0.4, -0.2) is 21.3 Å². The fourth-order valence-electron chi connectivity index (χ4n) is 3.25. The Kier molecular flexibility index (Phi) is 5.17. The van der Waals surface area contributed by atoms with Crippen molar-refractivity contribution >= 4 is 34.8 Å². The highest BCUT2D eigenvalue weighted by Gasteiger charge is 2.30. The number of carbonyl (C=O) groups excluding carboxylic acids is 2. The molecule has 3 N–H and O–H groups in total. The number of urea groups is 1. The number of anilines is 3. The zero-order chi connectivity index (χ0) is 21.9. The second-order valence-corrected chi connectivity index (χ2v) is 7.59. The van der Waals surface area contributed by atoms with E-state index in [0.29, 0.717) is 34.3 Å². The van der Waals surface area contributed by atoms with Gasteiger partial charge >= 0.3 is 6.03 Å². The molecule has 0 spiro atoms. The van der Waals surface area contributed by atoms with Gasteiger partial charge in [-0.05, 0) is 49.2 Å². The molecule has 2 heterocycles. The van der Waals surface area contributed by atoms with E-state index in [-0.39, 0.29) is 17.9 Å². The van der Waals surface area contributed by atoms with Gasteiger partial charge in [0.25, 0.3) is 0 Å². The van der Waals surface area contributed by atoms with Gasteiger partial charge in [-0.1, -0.05) is 24.3 Å². The largest absolute Gasteiger partial charge is 0.456 e. The standard InChI is InChI=1S/C24H21N5O3/c30-23(16-9-10-16)28-21-15-29-14-20(11-12-22(29)27-21)32-19-8-4-7-18(13-19)26-24(31)25-17-5-2-1-3-6-17/h1-8,11-16H,9-10H2,(H,28,30)(H2,25,26,31). The normalized spacial score (nSPS) is 12.9. The number of aromatic nitrogens is 2. The third-order valence-corrected chi connectivity index (χ3v) is 4.98. The van der Waals surface area contributed by atoms with E-state index >= 15 is 0 Å². The average Bonchev–Trinajstić information content (AvgIpc) is 3.55. The molecule has 0 aliphatic heterocycles. The van der Waals surface area contributed by atoms with E-state index in [0.717, 1.165) is 12.8 Å². The van der Waals surface area contributed by atoms with Crippen LogP contribution in [0.1, 0.15) is 12.8 Å². The Morgan fingerprint density at radius 1 is 0.844 bits per heavy atom. The Morgan fingerprint density at radius 2 is 1.62 bits per heavy atom. The van der Waals surface area contributed by atoms with Crippen molar-refractivity contribution in [2.45, 2.75) is 12.8 Å². The van der Waals surface area contributed by atoms with E-state index < -0.39 is 0 Å². The second-order valence-electron chi connectivity index (χ2n) is 7.59. The van der Waals surface area contributed by atoms with Crippen molar-refractivity contribution in [3.63, 3.8) is 0 Å². The number of pyridine rings is 1. The number of carbonyl (C=O) groups is 2. The van der Waals surface area contributed by atoms with Gasteiger partial charge in [0.1, 0.15) is 17.1 Å². The van der Waals surface area contributed by atoms with E-state index in [9.17, 15) is 9.59 Å². The maximum absolute atomic E-state index is 12.2. The van der Waals surface area contributed by atoms with Gasteiger partial charge in [-0.2, -0.15) is 0 Å². The van der Waals surface area contributed by atoms with Crippen LogP contribution in [0.15, 0.2) is 79.1 Å². The van der Waals surface area contributed by atoms with Crippen molar-refractivity contribution in [1.29, 1.82) is 0 Å². The minimum atomic E-state index is -0.339. The van der Waals surface area contributed by atoms with E-state index in [1.165, 1.54) is 0 Å². The number of hydrogen-bond donors (Lipinski definition) is 3. The lowest BCUT2D eigenvalue weighted by molar-refractivity contribution is -0.117. The van der Waals surface area contributed by atoms with Crippen molar-refractivity contribution in [3.8, 4) is 11.5 Å². The van der Waals surface area contributed by atoms with Crippen molar-refractivity contribution in [3.05, 3.63) is 79.1 Å². The number of amides is 3. The first-order chi connectivity index (χ1) is 15.6. The van der Waals surface area contributed by atoms with Crippen molar-refractivity contribution in [1.82, 2.24) is 9.38 Å². The molecule has 2 aromatic heterocycles. The molecule has 0 unspecified atom stereocenters. The minimum absolute atomic E-state index is 0.0190. The highest BCUT2D eigenvalue weighted by Crippen LogP contribution is 2.30. The zero-order valence-electron chi connectivity index (χ0n) is 17.1. The third kappa shape index (κ3) is 4.70. The molecular weight excluding hydrogens is 406 g/mol. The monoisotopic (exact) mass is 427 g/mol. The molecule has 0 bridgehead atoms. The lowest BCUT2D eigenvalue weighted by Gasteiger charge is -2.10. The Bertz CT molecular complexity index is 1280. The van der Waals surface area contributed by atoms with Gasteiger partial charge in [-0.25, -0.2) is 9.78 Å². The summed E-state index contributed by atoms with van der Waals surface area (Å²) in [6.45, 7) is 0. The smallest absolute Gasteiger partial charge is 0.323 e. The molecule has 2 aromatic carbocycles. The fraction of sp³-hybridized carbons (Fsp3) is 0.125. The van der Waals surface area contributed by atoms with Crippen molar-refractivity contribution < 1.29 is 14.3 Å². The van der Waals surface area contributed by atoms with E-state index in [1.54, 1.807) is 47.1 Å². The maximum atomic E-state index is 12.2. The van der Waals surface area contributed by atoms with E-state index in [1.807, 2.05) is 36.4 Å². The molecule has 8 heteroatoms. The third-order valence-electron chi connectivity index (χ3n) is 4.98. The van der Waals surface area contributed by atoms with Gasteiger partial charge < -0.3 is 25.1 Å². The highest BCUT2D eigenvalue weighted by molar-refractivity contribution is 5.99. The van der Waals surface area contributed by atoms with Crippen LogP contribution in [0.25, 0.3) is 5.65 Å². The van der Waals surface area contributed by atoms with Crippen molar-refractivity contribution in [2.24, 2.45) is 5.92 Å². The lowest BCUT2D eigenvalue weighted by Crippen LogP contribution is -2.19. The Balaban J connectivity index is 1.25. The van der Waals surface area contributed by atoms with Crippen LogP contribution in [-0.2, 0) is 4.79 Å². The predicted octanol–water partition coefficient (Wildman–Crippen LogP) is 5.12. The number of nitrogens with one attached hydrogen (secondary N) is 3. The lowest BCUT2D eigenvalue weighted by atomic mass is 10.3. The molecule has 1 saturated carbocycles. The van der Waals surface area contributed by atoms with Crippen LogP contribution in [0.3, 0.4) is 0 Å². The van der Waals surface area contributed by atoms with Crippen LogP contribution in [0, 0.1) is 5.92 Å². The summed E-state index contributed by atoms with van der Waals surface area (Å²) in [6.07, 6.45) is 5.43. The molecule has 1 aliphatic carbocycles. The van der Waals surface area contributed by atoms with Crippen LogP contribution < -0.4 is 20.7 Å². The molecule has 1 fully saturated rings. The first-order valence-electron chi connectivity index (χ1n) is 10.3. The Labute approximate surface area is 184 Å². The Hall–Kier alpha value is -4.33. The fourth-order valence-corrected chi connectivity index (χ4v) is 3.25. The summed E-state index contributed by atoms with van der Waals surface area (Å²) in [5.74, 6) is 1.83. The topological polar surface area (TPSA) is 96.8 Å². The molecule has 32 heavy (non-hydrogen) atoms. The molecule has 4 aromatic rings. The molecule has 160 valence electrons. The molecule has 0 radical (unpaired) electrons. The average molecular weight is 427 g/mol. The van der Waals surface area contributed by atoms with Crippen LogP contribution in [0.2, 0.25) is 0 Å². The number of para-hydroxylation sites is 1. The number of fused-ring (bicyclic) bond motifs is 1. The number of hydrogen-bond acceptors (Lipinski definition) is 4. The summed E-state index contributed by atoms with van der Waals surface area (Å²) >= 11 is 0. The summed E-state index contributed by atoms with van der Waals surface area (Å²) < 4.78 is 7.76. The molecule has 0 atom stereocenters. The van der Waals surface area contributed by atoms with Gasteiger partial charge in [0, 0.05) is 23.4 Å². The van der Waals surface area contributed by atoms with Gasteiger partial charge in [0.15, 0.2) is 5.82 Å². The molecule has 8 nitrogen and oxygen atoms in total. The molecular formula is C24H21N5O3. The predicted molar refractivity (Wildman–Crippen MR) is 122 cm³/mol. The van der Waals surface area contributed by atoms with Crippen LogP contribution >= 0.6 is 0 Å². The molecule has 0 saturated heterocycles. The summed E-state index contributed by atoms with van der Waals surface area (Å²) in [5.41, 5.74) is 2.01. The number of rotatable bonds is 6. The summed E-state index contributed by atoms with van der Waals surface area (Å²) in [5, 5.41) is 8.42. The minimum Gasteiger partial charge on any atom is -0.456 e. The van der Waals surface area contributed by atoms with Gasteiger partial charge in [-0.15, -0.1) is 0 Å². The molecule has 1 aliphatic rings. The van der Waals surface area contributed by atoms with Crippen LogP contribution in [0.4, 0.5) is 22.0 Å². The second kappa shape index (κ2) is 8.43. The number of benzene rings is 2. The van der Waals surface area contributed by atoms with E-state index in [4.69, 9.17) is 4.74 Å². The number of nitrogens with zero attached hydrogens (tertiary/aromatic N) is 2. The summed E-state index contributed by atoms with van der Waals surface area (Å²) in [7, 11) is 0.